The number of nitrogens with zero attached hydrogens (tertiary/aromatic N) is 1. The molecule has 112 valence electrons. The number of rotatable bonds is 5. The maximum atomic E-state index is 13.7. The summed E-state index contributed by atoms with van der Waals surface area (Å²) in [6.07, 6.45) is -4.60. The summed E-state index contributed by atoms with van der Waals surface area (Å²) in [6.45, 7) is -2.56. The lowest BCUT2D eigenvalue weighted by Gasteiger charge is -2.26. The van der Waals surface area contributed by atoms with E-state index in [9.17, 15) is 22.4 Å². The molecule has 0 radical (unpaired) electrons. The number of nitrogen functional groups attached to an aromatic ring is 1. The number of aliphatic hydroxyl groups is 1. The average molecular weight is 295 g/mol. The molecule has 0 aromatic heterocycles. The Morgan fingerprint density at radius 2 is 1.95 bits per heavy atom. The van der Waals surface area contributed by atoms with Crippen molar-refractivity contribution in [1.29, 1.82) is 0 Å². The molecule has 1 rings (SSSR count). The lowest BCUT2D eigenvalue weighted by Crippen LogP contribution is -2.37. The van der Waals surface area contributed by atoms with Crippen LogP contribution < -0.4 is 16.4 Å². The van der Waals surface area contributed by atoms with Crippen LogP contribution in [-0.4, -0.2) is 36.9 Å². The van der Waals surface area contributed by atoms with Gasteiger partial charge in [-0.2, -0.15) is 13.2 Å². The molecule has 1 aromatic carbocycles. The monoisotopic (exact) mass is 295 g/mol. The highest BCUT2D eigenvalue weighted by Gasteiger charge is 2.32. The molecule has 0 bridgehead atoms. The fourth-order valence-electron chi connectivity index (χ4n) is 1.65. The number of hydrogen-bond donors (Lipinski definition) is 3. The molecule has 1 aromatic rings. The second-order valence-corrected chi connectivity index (χ2v) is 4.02. The molecule has 20 heavy (non-hydrogen) atoms. The van der Waals surface area contributed by atoms with E-state index < -0.39 is 43.3 Å². The fourth-order valence-corrected chi connectivity index (χ4v) is 1.65. The van der Waals surface area contributed by atoms with Crippen LogP contribution in [0.3, 0.4) is 0 Å². The van der Waals surface area contributed by atoms with Crippen LogP contribution in [0.5, 0.6) is 0 Å². The molecule has 0 atom stereocenters. The van der Waals surface area contributed by atoms with Gasteiger partial charge in [-0.05, 0) is 12.1 Å². The first-order valence-corrected chi connectivity index (χ1v) is 5.47. The van der Waals surface area contributed by atoms with Crippen LogP contribution in [0, 0.1) is 5.82 Å². The predicted octanol–water partition coefficient (Wildman–Crippen LogP) is 0.868. The molecule has 0 aliphatic heterocycles. The highest BCUT2D eigenvalue weighted by Crippen LogP contribution is 2.28. The molecular formula is C11H13F4N3O2. The van der Waals surface area contributed by atoms with Gasteiger partial charge in [0.2, 0.25) is 0 Å². The van der Waals surface area contributed by atoms with Gasteiger partial charge in [0.15, 0.2) is 0 Å². The lowest BCUT2D eigenvalue weighted by molar-refractivity contribution is -0.119. The zero-order chi connectivity index (χ0) is 15.5. The SMILES string of the molecule is NC(=O)c1cc(N(CCO)CC(F)(F)F)c(F)cc1N. The summed E-state index contributed by atoms with van der Waals surface area (Å²) in [5.74, 6) is -2.02. The molecule has 5 nitrogen and oxygen atoms in total. The van der Waals surface area contributed by atoms with Gasteiger partial charge in [-0.3, -0.25) is 4.79 Å². The Labute approximate surface area is 111 Å². The van der Waals surface area contributed by atoms with Crippen LogP contribution in [0.25, 0.3) is 0 Å². The first-order valence-electron chi connectivity index (χ1n) is 5.47. The van der Waals surface area contributed by atoms with Crippen molar-refractivity contribution in [3.63, 3.8) is 0 Å². The molecule has 0 heterocycles. The van der Waals surface area contributed by atoms with E-state index in [4.69, 9.17) is 16.6 Å². The van der Waals surface area contributed by atoms with Crippen LogP contribution in [0.15, 0.2) is 12.1 Å². The topological polar surface area (TPSA) is 92.6 Å². The normalized spacial score (nSPS) is 11.4. The standard InChI is InChI=1S/C11H13F4N3O2/c12-7-4-8(16)6(10(17)20)3-9(7)18(1-2-19)5-11(13,14)15/h3-4,19H,1-2,5,16H2,(H2,17,20). The lowest BCUT2D eigenvalue weighted by atomic mass is 10.1. The minimum atomic E-state index is -4.60. The second-order valence-electron chi connectivity index (χ2n) is 4.02. The van der Waals surface area contributed by atoms with Crippen LogP contribution >= 0.6 is 0 Å². The Hall–Kier alpha value is -2.03. The van der Waals surface area contributed by atoms with Gasteiger partial charge in [-0.15, -0.1) is 0 Å². The molecule has 0 unspecified atom stereocenters. The van der Waals surface area contributed by atoms with E-state index in [1.54, 1.807) is 0 Å². The Morgan fingerprint density at radius 1 is 1.35 bits per heavy atom. The average Bonchev–Trinajstić information content (AvgIpc) is 2.26. The first-order chi connectivity index (χ1) is 9.15. The van der Waals surface area contributed by atoms with Crippen LogP contribution in [-0.2, 0) is 0 Å². The van der Waals surface area contributed by atoms with E-state index in [2.05, 4.69) is 0 Å². The van der Waals surface area contributed by atoms with Crippen molar-refractivity contribution in [3.05, 3.63) is 23.5 Å². The van der Waals surface area contributed by atoms with Crippen LogP contribution in [0.2, 0.25) is 0 Å². The van der Waals surface area contributed by atoms with Crippen molar-refractivity contribution in [1.82, 2.24) is 0 Å². The fraction of sp³-hybridized carbons (Fsp3) is 0.364. The largest absolute Gasteiger partial charge is 0.405 e. The Kier molecular flexibility index (Phi) is 4.77. The van der Waals surface area contributed by atoms with E-state index in [0.29, 0.717) is 4.90 Å². The summed E-state index contributed by atoms with van der Waals surface area (Å²) in [5.41, 5.74) is 9.31. The van der Waals surface area contributed by atoms with Crippen molar-refractivity contribution in [3.8, 4) is 0 Å². The zero-order valence-corrected chi connectivity index (χ0v) is 10.2. The number of alkyl halides is 3. The smallest absolute Gasteiger partial charge is 0.398 e. The van der Waals surface area contributed by atoms with Crippen LogP contribution in [0.4, 0.5) is 28.9 Å². The molecule has 9 heteroatoms. The summed E-state index contributed by atoms with van der Waals surface area (Å²) >= 11 is 0. The van der Waals surface area contributed by atoms with Gasteiger partial charge in [0.1, 0.15) is 12.4 Å². The molecule has 0 aliphatic rings. The van der Waals surface area contributed by atoms with Crippen molar-refractivity contribution < 1.29 is 27.5 Å². The third-order valence-corrected chi connectivity index (χ3v) is 2.47. The molecular weight excluding hydrogens is 282 g/mol. The number of aliphatic hydroxyl groups excluding tert-OH is 1. The number of hydrogen-bond acceptors (Lipinski definition) is 4. The maximum Gasteiger partial charge on any atom is 0.405 e. The summed E-state index contributed by atoms with van der Waals surface area (Å²) in [6, 6.07) is 1.56. The van der Waals surface area contributed by atoms with Crippen molar-refractivity contribution >= 4 is 17.3 Å². The Bertz CT molecular complexity index is 505. The summed E-state index contributed by atoms with van der Waals surface area (Å²) in [4.78, 5) is 11.6. The number of nitrogens with two attached hydrogens (primary N) is 2. The van der Waals surface area contributed by atoms with Gasteiger partial charge < -0.3 is 21.5 Å². The number of anilines is 2. The van der Waals surface area contributed by atoms with Crippen LogP contribution in [0.1, 0.15) is 10.4 Å². The molecule has 0 aliphatic carbocycles. The van der Waals surface area contributed by atoms with Gasteiger partial charge in [0, 0.05) is 12.2 Å². The van der Waals surface area contributed by atoms with Crippen molar-refractivity contribution in [2.45, 2.75) is 6.18 Å². The van der Waals surface area contributed by atoms with Gasteiger partial charge in [-0.1, -0.05) is 0 Å². The number of halogens is 4. The van der Waals surface area contributed by atoms with Gasteiger partial charge in [-0.25, -0.2) is 4.39 Å². The molecule has 5 N–H and O–H groups in total. The number of carbonyl (C=O) groups is 1. The van der Waals surface area contributed by atoms with E-state index in [-0.39, 0.29) is 11.3 Å². The predicted molar refractivity (Wildman–Crippen MR) is 64.7 cm³/mol. The molecule has 0 saturated heterocycles. The van der Waals surface area contributed by atoms with E-state index in [1.165, 1.54) is 0 Å². The highest BCUT2D eigenvalue weighted by molar-refractivity contribution is 5.99. The molecule has 0 spiro atoms. The van der Waals surface area contributed by atoms with Gasteiger partial charge in [0.05, 0.1) is 17.9 Å². The van der Waals surface area contributed by atoms with Gasteiger partial charge in [0.25, 0.3) is 5.91 Å². The summed E-state index contributed by atoms with van der Waals surface area (Å²) < 4.78 is 51.0. The Morgan fingerprint density at radius 3 is 2.40 bits per heavy atom. The summed E-state index contributed by atoms with van der Waals surface area (Å²) in [7, 11) is 0. The van der Waals surface area contributed by atoms with Gasteiger partial charge >= 0.3 is 6.18 Å². The van der Waals surface area contributed by atoms with Crippen molar-refractivity contribution in [2.24, 2.45) is 5.73 Å². The first kappa shape index (κ1) is 16.0. The number of benzene rings is 1. The second kappa shape index (κ2) is 5.95. The molecule has 0 fully saturated rings. The third-order valence-electron chi connectivity index (χ3n) is 2.47. The van der Waals surface area contributed by atoms with E-state index >= 15 is 0 Å². The van der Waals surface area contributed by atoms with Crippen molar-refractivity contribution in [2.75, 3.05) is 30.3 Å². The Balaban J connectivity index is 3.25. The third kappa shape index (κ3) is 3.98. The number of amides is 1. The quantitative estimate of drug-likeness (QED) is 0.555. The highest BCUT2D eigenvalue weighted by atomic mass is 19.4. The maximum absolute atomic E-state index is 13.7. The van der Waals surface area contributed by atoms with E-state index in [0.717, 1.165) is 12.1 Å². The number of carbonyl (C=O) groups excluding carboxylic acids is 1. The summed E-state index contributed by atoms with van der Waals surface area (Å²) in [5, 5.41) is 8.77. The molecule has 0 saturated carbocycles. The minimum Gasteiger partial charge on any atom is -0.398 e. The molecule has 1 amide bonds. The van der Waals surface area contributed by atoms with E-state index in [1.807, 2.05) is 0 Å². The minimum absolute atomic E-state index is 0.269. The number of primary amides is 1. The zero-order valence-electron chi connectivity index (χ0n) is 10.2.